The molecule has 0 aliphatic rings. The van der Waals surface area contributed by atoms with E-state index in [9.17, 15) is 47.9 Å². The van der Waals surface area contributed by atoms with E-state index < -0.39 is 33.4 Å². The summed E-state index contributed by atoms with van der Waals surface area (Å²) in [5.41, 5.74) is 0. The summed E-state index contributed by atoms with van der Waals surface area (Å²) in [6.07, 6.45) is -7.46. The summed E-state index contributed by atoms with van der Waals surface area (Å²) in [4.78, 5) is 0. The maximum Gasteiger partial charge on any atom is 0.460 e. The van der Waals surface area contributed by atoms with E-state index in [2.05, 4.69) is 10.8 Å². The molecule has 0 aromatic heterocycles. The van der Waals surface area contributed by atoms with Crippen molar-refractivity contribution in [2.45, 2.75) is 23.3 Å². The number of hydrogen-bond donors (Lipinski definition) is 0. The average molecular weight is 326 g/mol. The predicted molar refractivity (Wildman–Crippen MR) is 41.1 cm³/mol. The van der Waals surface area contributed by atoms with Gasteiger partial charge in [-0.15, -0.1) is 0 Å². The van der Waals surface area contributed by atoms with Gasteiger partial charge in [-0.25, -0.2) is 0 Å². The third-order valence-electron chi connectivity index (χ3n) is 1.62. The molecule has 0 aliphatic carbocycles. The molecule has 0 rings (SSSR count). The fourth-order valence-electron chi connectivity index (χ4n) is 0.668. The second kappa shape index (κ2) is 4.45. The molecule has 0 aromatic carbocycles. The maximum atomic E-state index is 12.7. The van der Waals surface area contributed by atoms with Gasteiger partial charge in [0.05, 0.1) is 6.26 Å². The molecule has 0 spiro atoms. The molecule has 0 bridgehead atoms. The smallest absolute Gasteiger partial charge is 0.387 e. The van der Waals surface area contributed by atoms with Crippen LogP contribution in [0, 0.1) is 0 Å². The predicted octanol–water partition coefficient (Wildman–Crippen LogP) is 2.90. The molecule has 114 valence electrons. The number of alkyl halides is 9. The topological polar surface area (TPSA) is 43.4 Å². The van der Waals surface area contributed by atoms with Crippen LogP contribution in [0.4, 0.5) is 39.5 Å². The summed E-state index contributed by atoms with van der Waals surface area (Å²) in [7, 11) is -6.79. The Bertz CT molecular complexity index is 449. The minimum atomic E-state index is -7.30. The van der Waals surface area contributed by atoms with Gasteiger partial charge in [-0.05, 0) is 0 Å². The maximum absolute atomic E-state index is 12.7. The summed E-state index contributed by atoms with van der Waals surface area (Å²) < 4.78 is 134. The molecule has 0 atom stereocenters. The minimum absolute atomic E-state index is 0.356. The van der Waals surface area contributed by atoms with E-state index in [1.807, 2.05) is 0 Å². The van der Waals surface area contributed by atoms with Crippen LogP contribution in [0.1, 0.15) is 0 Å². The van der Waals surface area contributed by atoms with Crippen molar-refractivity contribution in [2.75, 3.05) is 0 Å². The number of hydrogen-bond acceptors (Lipinski definition) is 3. The molecular formula is C6H3F9O3S. The van der Waals surface area contributed by atoms with Crippen molar-refractivity contribution in [3.05, 3.63) is 12.8 Å². The molecule has 0 heterocycles. The molecule has 0 N–H and O–H groups in total. The van der Waals surface area contributed by atoms with Crippen molar-refractivity contribution in [1.82, 2.24) is 0 Å². The standard InChI is InChI=1S/C6H3F9O3S/c1-2-18-19(16,17)6(14,15)4(9,10)3(7,8)5(11,12)13/h2H,1H2. The van der Waals surface area contributed by atoms with Crippen LogP contribution in [0.2, 0.25) is 0 Å². The molecule has 3 nitrogen and oxygen atoms in total. The van der Waals surface area contributed by atoms with Crippen molar-refractivity contribution in [2.24, 2.45) is 0 Å². The van der Waals surface area contributed by atoms with E-state index in [-0.39, 0.29) is 6.26 Å². The van der Waals surface area contributed by atoms with Crippen LogP contribution in [0.25, 0.3) is 0 Å². The van der Waals surface area contributed by atoms with Gasteiger partial charge < -0.3 is 4.18 Å². The number of halogens is 9. The number of rotatable bonds is 5. The molecule has 0 fully saturated rings. The highest BCUT2D eigenvalue weighted by molar-refractivity contribution is 7.88. The highest BCUT2D eigenvalue weighted by atomic mass is 32.2. The van der Waals surface area contributed by atoms with Gasteiger partial charge in [0.2, 0.25) is 0 Å². The van der Waals surface area contributed by atoms with E-state index in [1.165, 1.54) is 0 Å². The van der Waals surface area contributed by atoms with E-state index >= 15 is 0 Å². The minimum Gasteiger partial charge on any atom is -0.387 e. The molecule has 0 radical (unpaired) electrons. The first-order chi connectivity index (χ1) is 8.06. The van der Waals surface area contributed by atoms with E-state index in [0.29, 0.717) is 0 Å². The molecular weight excluding hydrogens is 323 g/mol. The van der Waals surface area contributed by atoms with Gasteiger partial charge in [0, 0.05) is 0 Å². The summed E-state index contributed by atoms with van der Waals surface area (Å²) in [6, 6.07) is 0. The Labute approximate surface area is 99.3 Å². The Morgan fingerprint density at radius 3 is 1.47 bits per heavy atom. The Hall–Kier alpha value is -1.14. The lowest BCUT2D eigenvalue weighted by Crippen LogP contribution is -2.63. The first kappa shape index (κ1) is 17.9. The van der Waals surface area contributed by atoms with Gasteiger partial charge in [-0.1, -0.05) is 6.58 Å². The highest BCUT2D eigenvalue weighted by Gasteiger charge is 2.86. The second-order valence-corrected chi connectivity index (χ2v) is 4.49. The van der Waals surface area contributed by atoms with Gasteiger partial charge in [-0.3, -0.25) is 0 Å². The average Bonchev–Trinajstić information content (AvgIpc) is 2.14. The fourth-order valence-corrected chi connectivity index (χ4v) is 1.41. The third kappa shape index (κ3) is 2.47. The Morgan fingerprint density at radius 2 is 1.21 bits per heavy atom. The molecule has 0 amide bonds. The van der Waals surface area contributed by atoms with Crippen molar-refractivity contribution in [1.29, 1.82) is 0 Å². The summed E-state index contributed by atoms with van der Waals surface area (Å²) in [5.74, 6) is -14.6. The fraction of sp³-hybridized carbons (Fsp3) is 0.667. The van der Waals surface area contributed by atoms with Gasteiger partial charge in [-0.2, -0.15) is 47.9 Å². The van der Waals surface area contributed by atoms with E-state index in [4.69, 9.17) is 0 Å². The van der Waals surface area contributed by atoms with Crippen molar-refractivity contribution >= 4 is 10.1 Å². The lowest BCUT2D eigenvalue weighted by atomic mass is 10.1. The van der Waals surface area contributed by atoms with Crippen LogP contribution >= 0.6 is 0 Å². The zero-order valence-corrected chi connectivity index (χ0v) is 9.14. The second-order valence-electron chi connectivity index (χ2n) is 2.88. The molecule has 13 heteroatoms. The Kier molecular flexibility index (Phi) is 4.19. The SMILES string of the molecule is C=COS(=O)(=O)C(F)(F)C(F)(F)C(F)(F)C(F)(F)F. The van der Waals surface area contributed by atoms with Crippen LogP contribution < -0.4 is 0 Å². The molecule has 0 aromatic rings. The lowest BCUT2D eigenvalue weighted by molar-refractivity contribution is -0.382. The van der Waals surface area contributed by atoms with Crippen LogP contribution in [0.15, 0.2) is 12.8 Å². The lowest BCUT2D eigenvalue weighted by Gasteiger charge is -2.32. The van der Waals surface area contributed by atoms with Crippen LogP contribution in [-0.4, -0.2) is 31.7 Å². The van der Waals surface area contributed by atoms with Gasteiger partial charge in [0.25, 0.3) is 0 Å². The molecule has 0 saturated heterocycles. The van der Waals surface area contributed by atoms with Crippen LogP contribution in [-0.2, 0) is 14.3 Å². The van der Waals surface area contributed by atoms with Crippen LogP contribution in [0.5, 0.6) is 0 Å². The summed E-state index contributed by atoms with van der Waals surface area (Å²) in [6.45, 7) is 2.36. The van der Waals surface area contributed by atoms with E-state index in [0.717, 1.165) is 0 Å². The normalized spacial score (nSPS) is 15.2. The monoisotopic (exact) mass is 326 g/mol. The van der Waals surface area contributed by atoms with Crippen molar-refractivity contribution in [3.8, 4) is 0 Å². The van der Waals surface area contributed by atoms with Gasteiger partial charge in [0.15, 0.2) is 0 Å². The van der Waals surface area contributed by atoms with Crippen molar-refractivity contribution < 1.29 is 52.1 Å². The first-order valence-electron chi connectivity index (χ1n) is 3.80. The summed E-state index contributed by atoms with van der Waals surface area (Å²) >= 11 is 0. The Morgan fingerprint density at radius 1 is 0.842 bits per heavy atom. The highest BCUT2D eigenvalue weighted by Crippen LogP contribution is 2.54. The van der Waals surface area contributed by atoms with E-state index in [1.54, 1.807) is 0 Å². The largest absolute Gasteiger partial charge is 0.460 e. The summed E-state index contributed by atoms with van der Waals surface area (Å²) in [5, 5.41) is -6.84. The molecule has 0 saturated carbocycles. The van der Waals surface area contributed by atoms with Gasteiger partial charge in [0.1, 0.15) is 0 Å². The molecule has 0 aliphatic heterocycles. The first-order valence-corrected chi connectivity index (χ1v) is 5.21. The Balaban J connectivity index is 5.99. The molecule has 19 heavy (non-hydrogen) atoms. The van der Waals surface area contributed by atoms with Gasteiger partial charge >= 0.3 is 33.4 Å². The zero-order chi connectivity index (χ0) is 15.9. The zero-order valence-electron chi connectivity index (χ0n) is 8.32. The molecule has 0 unspecified atom stereocenters. The quantitative estimate of drug-likeness (QED) is 0.443. The third-order valence-corrected chi connectivity index (χ3v) is 2.90. The van der Waals surface area contributed by atoms with Crippen LogP contribution in [0.3, 0.4) is 0 Å². The van der Waals surface area contributed by atoms with Crippen molar-refractivity contribution in [3.63, 3.8) is 0 Å².